The van der Waals surface area contributed by atoms with Gasteiger partial charge in [-0.1, -0.05) is 17.4 Å². The van der Waals surface area contributed by atoms with Gasteiger partial charge in [-0.05, 0) is 55.3 Å². The topological polar surface area (TPSA) is 59.8 Å². The van der Waals surface area contributed by atoms with Gasteiger partial charge in [-0.2, -0.15) is 9.78 Å². The fraction of sp³-hybridized carbons (Fsp3) is 0.190. The maximum absolute atomic E-state index is 14.5. The molecule has 146 valence electrons. The third kappa shape index (κ3) is 2.91. The fourth-order valence-electron chi connectivity index (χ4n) is 3.84. The molecule has 29 heavy (non-hydrogen) atoms. The van der Waals surface area contributed by atoms with Gasteiger partial charge in [-0.15, -0.1) is 0 Å². The zero-order valence-corrected chi connectivity index (χ0v) is 16.5. The zero-order valence-electron chi connectivity index (χ0n) is 15.7. The normalized spacial score (nSPS) is 16.1. The van der Waals surface area contributed by atoms with Crippen LogP contribution >= 0.6 is 11.3 Å². The molecular weight excluding hydrogens is 394 g/mol. The molecule has 0 radical (unpaired) electrons. The second-order valence-electron chi connectivity index (χ2n) is 7.20. The highest BCUT2D eigenvalue weighted by Gasteiger charge is 2.34. The number of halogens is 2. The number of anilines is 1. The second-order valence-corrected chi connectivity index (χ2v) is 8.21. The minimum atomic E-state index is -0.611. The SMILES string of the molecule is Cc1ccc2nc(-n3nc(C)c4c3NC(=O)C[C@H]4c3cc(F)ccc3F)sc2c1. The highest BCUT2D eigenvalue weighted by molar-refractivity contribution is 7.20. The summed E-state index contributed by atoms with van der Waals surface area (Å²) in [6, 6.07) is 9.29. The van der Waals surface area contributed by atoms with Crippen LogP contribution in [-0.4, -0.2) is 20.7 Å². The molecule has 5 rings (SSSR count). The molecule has 0 saturated heterocycles. The van der Waals surface area contributed by atoms with Crippen molar-refractivity contribution in [3.8, 4) is 5.13 Å². The Hall–Kier alpha value is -3.13. The van der Waals surface area contributed by atoms with E-state index in [-0.39, 0.29) is 17.9 Å². The lowest BCUT2D eigenvalue weighted by atomic mass is 9.85. The molecule has 0 bridgehead atoms. The molecule has 0 aliphatic carbocycles. The van der Waals surface area contributed by atoms with E-state index in [2.05, 4.69) is 15.4 Å². The largest absolute Gasteiger partial charge is 0.310 e. The first-order valence-electron chi connectivity index (χ1n) is 9.12. The Kier molecular flexibility index (Phi) is 3.99. The van der Waals surface area contributed by atoms with Gasteiger partial charge in [-0.25, -0.2) is 13.8 Å². The van der Waals surface area contributed by atoms with E-state index in [9.17, 15) is 13.6 Å². The highest BCUT2D eigenvalue weighted by Crippen LogP contribution is 2.42. The monoisotopic (exact) mass is 410 g/mol. The molecule has 1 aliphatic rings. The molecule has 3 heterocycles. The molecule has 0 spiro atoms. The lowest BCUT2D eigenvalue weighted by molar-refractivity contribution is -0.116. The molecule has 1 N–H and O–H groups in total. The van der Waals surface area contributed by atoms with Crippen LogP contribution < -0.4 is 5.32 Å². The van der Waals surface area contributed by atoms with Crippen molar-refractivity contribution in [2.75, 3.05) is 5.32 Å². The first-order chi connectivity index (χ1) is 13.9. The number of nitrogens with one attached hydrogen (secondary N) is 1. The van der Waals surface area contributed by atoms with Gasteiger partial charge in [-0.3, -0.25) is 4.79 Å². The summed E-state index contributed by atoms with van der Waals surface area (Å²) in [4.78, 5) is 17.1. The first-order valence-corrected chi connectivity index (χ1v) is 9.94. The van der Waals surface area contributed by atoms with Crippen molar-refractivity contribution in [1.82, 2.24) is 14.8 Å². The third-order valence-corrected chi connectivity index (χ3v) is 6.14. The average Bonchev–Trinajstić information content (AvgIpc) is 3.23. The minimum absolute atomic E-state index is 0.0267. The van der Waals surface area contributed by atoms with Crippen LogP contribution in [0.1, 0.15) is 34.7 Å². The summed E-state index contributed by atoms with van der Waals surface area (Å²) in [6.45, 7) is 3.81. The number of amides is 1. The summed E-state index contributed by atoms with van der Waals surface area (Å²) in [7, 11) is 0. The van der Waals surface area contributed by atoms with Crippen LogP contribution in [0.5, 0.6) is 0 Å². The standard InChI is InChI=1S/C21H16F2N4OS/c1-10-3-6-16-17(7-10)29-21(24-16)27-20-19(11(2)26-27)14(9-18(28)25-20)13-8-12(22)4-5-15(13)23/h3-8,14H,9H2,1-2H3,(H,25,28)/t14-/m0/s1. The van der Waals surface area contributed by atoms with Crippen molar-refractivity contribution < 1.29 is 13.6 Å². The number of carbonyl (C=O) groups excluding carboxylic acids is 1. The maximum Gasteiger partial charge on any atom is 0.226 e. The number of carbonyl (C=O) groups is 1. The summed E-state index contributed by atoms with van der Waals surface area (Å²) in [5, 5.41) is 8.03. The number of hydrogen-bond acceptors (Lipinski definition) is 4. The van der Waals surface area contributed by atoms with Crippen LogP contribution in [0.4, 0.5) is 14.6 Å². The van der Waals surface area contributed by atoms with E-state index >= 15 is 0 Å². The molecule has 8 heteroatoms. The molecule has 2 aromatic carbocycles. The van der Waals surface area contributed by atoms with E-state index in [1.165, 1.54) is 11.3 Å². The van der Waals surface area contributed by atoms with Crippen molar-refractivity contribution >= 4 is 33.3 Å². The molecule has 1 aliphatic heterocycles. The van der Waals surface area contributed by atoms with Crippen molar-refractivity contribution in [3.63, 3.8) is 0 Å². The van der Waals surface area contributed by atoms with E-state index < -0.39 is 17.6 Å². The molecule has 0 fully saturated rings. The lowest BCUT2D eigenvalue weighted by Crippen LogP contribution is -2.25. The number of thiazole rings is 1. The summed E-state index contributed by atoms with van der Waals surface area (Å²) < 4.78 is 30.9. The van der Waals surface area contributed by atoms with Crippen LogP contribution in [0.15, 0.2) is 36.4 Å². The van der Waals surface area contributed by atoms with Gasteiger partial charge in [0, 0.05) is 17.9 Å². The van der Waals surface area contributed by atoms with E-state index in [4.69, 9.17) is 0 Å². The van der Waals surface area contributed by atoms with Crippen LogP contribution in [0.25, 0.3) is 15.3 Å². The van der Waals surface area contributed by atoms with Crippen molar-refractivity contribution in [2.45, 2.75) is 26.2 Å². The molecular formula is C21H16F2N4OS. The molecule has 5 nitrogen and oxygen atoms in total. The van der Waals surface area contributed by atoms with E-state index in [0.29, 0.717) is 22.2 Å². The second kappa shape index (κ2) is 6.45. The van der Waals surface area contributed by atoms with Gasteiger partial charge < -0.3 is 5.32 Å². The Morgan fingerprint density at radius 1 is 1.17 bits per heavy atom. The number of aryl methyl sites for hydroxylation is 2. The number of nitrogens with zero attached hydrogens (tertiary/aromatic N) is 3. The van der Waals surface area contributed by atoms with Gasteiger partial charge in [0.2, 0.25) is 11.0 Å². The van der Waals surface area contributed by atoms with E-state index in [1.54, 1.807) is 11.6 Å². The molecule has 0 unspecified atom stereocenters. The zero-order chi connectivity index (χ0) is 20.3. The Bertz CT molecular complexity index is 1290. The number of fused-ring (bicyclic) bond motifs is 2. The lowest BCUT2D eigenvalue weighted by Gasteiger charge is -2.24. The summed E-state index contributed by atoms with van der Waals surface area (Å²) in [6.07, 6.45) is 0.0267. The smallest absolute Gasteiger partial charge is 0.226 e. The first kappa shape index (κ1) is 17.9. The highest BCUT2D eigenvalue weighted by atomic mass is 32.1. The Balaban J connectivity index is 1.69. The number of benzene rings is 2. The molecule has 1 amide bonds. The Labute approximate surface area is 169 Å². The van der Waals surface area contributed by atoms with Gasteiger partial charge in [0.05, 0.1) is 15.9 Å². The van der Waals surface area contributed by atoms with Gasteiger partial charge >= 0.3 is 0 Å². The van der Waals surface area contributed by atoms with Gasteiger partial charge in [0.1, 0.15) is 17.5 Å². The maximum atomic E-state index is 14.5. The third-order valence-electron chi connectivity index (χ3n) is 5.15. The van der Waals surface area contributed by atoms with Gasteiger partial charge in [0.15, 0.2) is 0 Å². The Morgan fingerprint density at radius 3 is 2.83 bits per heavy atom. The summed E-state index contributed by atoms with van der Waals surface area (Å²) >= 11 is 1.46. The van der Waals surface area contributed by atoms with Crippen molar-refractivity contribution in [1.29, 1.82) is 0 Å². The molecule has 0 saturated carbocycles. The van der Waals surface area contributed by atoms with E-state index in [0.717, 1.165) is 34.0 Å². The van der Waals surface area contributed by atoms with Crippen molar-refractivity contribution in [3.05, 3.63) is 70.4 Å². The van der Waals surface area contributed by atoms with Crippen LogP contribution in [0.3, 0.4) is 0 Å². The number of hydrogen-bond donors (Lipinski definition) is 1. The summed E-state index contributed by atoms with van der Waals surface area (Å²) in [5.41, 5.74) is 3.45. The summed E-state index contributed by atoms with van der Waals surface area (Å²) in [5.74, 6) is -1.51. The predicted molar refractivity (Wildman–Crippen MR) is 108 cm³/mol. The molecule has 2 aromatic heterocycles. The molecule has 4 aromatic rings. The van der Waals surface area contributed by atoms with Gasteiger partial charge in [0.25, 0.3) is 0 Å². The van der Waals surface area contributed by atoms with Crippen molar-refractivity contribution in [2.24, 2.45) is 0 Å². The predicted octanol–water partition coefficient (Wildman–Crippen LogP) is 4.85. The van der Waals surface area contributed by atoms with Crippen LogP contribution in [0.2, 0.25) is 0 Å². The Morgan fingerprint density at radius 2 is 2.00 bits per heavy atom. The van der Waals surface area contributed by atoms with Crippen LogP contribution in [-0.2, 0) is 4.79 Å². The quantitative estimate of drug-likeness (QED) is 0.514. The average molecular weight is 410 g/mol. The fourth-order valence-corrected chi connectivity index (χ4v) is 4.87. The number of rotatable bonds is 2. The van der Waals surface area contributed by atoms with Crippen LogP contribution in [0, 0.1) is 25.5 Å². The van der Waals surface area contributed by atoms with E-state index in [1.807, 2.05) is 25.1 Å². The minimum Gasteiger partial charge on any atom is -0.310 e. The molecule has 1 atom stereocenters. The number of aromatic nitrogens is 3.